The molecule has 2 unspecified atom stereocenters. The third-order valence-corrected chi connectivity index (χ3v) is 2.27. The van der Waals surface area contributed by atoms with Crippen LogP contribution in [0.3, 0.4) is 0 Å². The molecule has 0 spiro atoms. The molecule has 2 atom stereocenters. The fourth-order valence-electron chi connectivity index (χ4n) is 1.44. The number of aliphatic hydroxyl groups excluding tert-OH is 1. The van der Waals surface area contributed by atoms with Crippen LogP contribution in [0.25, 0.3) is 0 Å². The van der Waals surface area contributed by atoms with Crippen molar-refractivity contribution in [2.75, 3.05) is 19.6 Å². The zero-order valence-electron chi connectivity index (χ0n) is 7.77. The minimum Gasteiger partial charge on any atom is -0.382 e. The lowest BCUT2D eigenvalue weighted by Crippen LogP contribution is -2.42. The normalized spacial score (nSPS) is 25.3. The van der Waals surface area contributed by atoms with Crippen molar-refractivity contribution in [1.29, 1.82) is 0 Å². The molecule has 1 aliphatic rings. The molecule has 1 heterocycles. The summed E-state index contributed by atoms with van der Waals surface area (Å²) in [6.45, 7) is 0.975. The van der Waals surface area contributed by atoms with Crippen LogP contribution >= 0.6 is 0 Å². The molecule has 6 heteroatoms. The monoisotopic (exact) mass is 212 g/mol. The molecule has 0 aliphatic carbocycles. The van der Waals surface area contributed by atoms with E-state index in [1.165, 1.54) is 0 Å². The van der Waals surface area contributed by atoms with Gasteiger partial charge in [0.15, 0.2) is 6.10 Å². The number of aliphatic hydroxyl groups is 1. The third-order valence-electron chi connectivity index (χ3n) is 2.27. The first-order valence-corrected chi connectivity index (χ1v) is 4.69. The molecule has 0 radical (unpaired) electrons. The molecule has 3 N–H and O–H groups in total. The Morgan fingerprint density at radius 3 is 2.71 bits per heavy atom. The Bertz CT molecular complexity index is 168. The Labute approximate surface area is 80.7 Å². The van der Waals surface area contributed by atoms with Crippen molar-refractivity contribution < 1.29 is 18.3 Å². The molecule has 1 saturated heterocycles. The Hall–Kier alpha value is -0.330. The van der Waals surface area contributed by atoms with E-state index in [-0.39, 0.29) is 6.04 Å². The van der Waals surface area contributed by atoms with Gasteiger partial charge in [-0.1, -0.05) is 0 Å². The van der Waals surface area contributed by atoms with Crippen LogP contribution in [0.15, 0.2) is 0 Å². The van der Waals surface area contributed by atoms with Crippen LogP contribution < -0.4 is 10.6 Å². The van der Waals surface area contributed by atoms with Crippen molar-refractivity contribution in [3.63, 3.8) is 0 Å². The first kappa shape index (κ1) is 11.7. The number of halogens is 3. The van der Waals surface area contributed by atoms with Gasteiger partial charge in [-0.05, 0) is 19.4 Å². The van der Waals surface area contributed by atoms with E-state index in [1.54, 1.807) is 0 Å². The molecule has 1 aliphatic heterocycles. The quantitative estimate of drug-likeness (QED) is 0.626. The van der Waals surface area contributed by atoms with Crippen molar-refractivity contribution >= 4 is 0 Å². The molecule has 0 bridgehead atoms. The van der Waals surface area contributed by atoms with Crippen LogP contribution in [-0.4, -0.2) is 43.1 Å². The first-order valence-electron chi connectivity index (χ1n) is 4.69. The number of hydrogen-bond acceptors (Lipinski definition) is 3. The predicted octanol–water partition coefficient (Wildman–Crippen LogP) is 0.251. The number of nitrogens with one attached hydrogen (secondary N) is 2. The highest BCUT2D eigenvalue weighted by atomic mass is 19.4. The topological polar surface area (TPSA) is 44.3 Å². The Morgan fingerprint density at radius 2 is 2.21 bits per heavy atom. The van der Waals surface area contributed by atoms with Gasteiger partial charge in [0.2, 0.25) is 0 Å². The van der Waals surface area contributed by atoms with Crippen molar-refractivity contribution in [2.24, 2.45) is 0 Å². The second kappa shape index (κ2) is 4.95. The van der Waals surface area contributed by atoms with Gasteiger partial charge in [-0.25, -0.2) is 0 Å². The molecule has 0 aromatic carbocycles. The summed E-state index contributed by atoms with van der Waals surface area (Å²) in [5.74, 6) is 0. The van der Waals surface area contributed by atoms with Gasteiger partial charge < -0.3 is 15.7 Å². The standard InChI is InChI=1S/C8H15F3N2O/c9-8(10,11)7(14)5-12-4-6-2-1-3-13-6/h6-7,12-14H,1-5H2. The van der Waals surface area contributed by atoms with E-state index < -0.39 is 18.8 Å². The Kier molecular flexibility index (Phi) is 4.15. The van der Waals surface area contributed by atoms with E-state index in [0.29, 0.717) is 6.54 Å². The van der Waals surface area contributed by atoms with Crippen LogP contribution in [0, 0.1) is 0 Å². The van der Waals surface area contributed by atoms with Gasteiger partial charge in [-0.3, -0.25) is 0 Å². The van der Waals surface area contributed by atoms with Crippen molar-refractivity contribution in [1.82, 2.24) is 10.6 Å². The lowest BCUT2D eigenvalue weighted by atomic mass is 10.2. The summed E-state index contributed by atoms with van der Waals surface area (Å²) in [4.78, 5) is 0. The second-order valence-corrected chi connectivity index (χ2v) is 3.51. The number of hydrogen-bond donors (Lipinski definition) is 3. The van der Waals surface area contributed by atoms with E-state index in [1.807, 2.05) is 0 Å². The van der Waals surface area contributed by atoms with Crippen LogP contribution in [0.1, 0.15) is 12.8 Å². The maximum Gasteiger partial charge on any atom is 0.415 e. The summed E-state index contributed by atoms with van der Waals surface area (Å²) >= 11 is 0. The van der Waals surface area contributed by atoms with E-state index in [2.05, 4.69) is 10.6 Å². The molecule has 1 fully saturated rings. The van der Waals surface area contributed by atoms with Crippen LogP contribution in [0.2, 0.25) is 0 Å². The molecule has 84 valence electrons. The smallest absolute Gasteiger partial charge is 0.382 e. The maximum absolute atomic E-state index is 11.8. The highest BCUT2D eigenvalue weighted by molar-refractivity contribution is 4.77. The Balaban J connectivity index is 2.08. The third kappa shape index (κ3) is 3.81. The van der Waals surface area contributed by atoms with Gasteiger partial charge in [-0.2, -0.15) is 13.2 Å². The van der Waals surface area contributed by atoms with Crippen molar-refractivity contribution in [3.05, 3.63) is 0 Å². The maximum atomic E-state index is 11.8. The lowest BCUT2D eigenvalue weighted by Gasteiger charge is -2.17. The molecule has 0 amide bonds. The summed E-state index contributed by atoms with van der Waals surface area (Å²) in [5, 5.41) is 14.4. The number of alkyl halides is 3. The minimum absolute atomic E-state index is 0.246. The fourth-order valence-corrected chi connectivity index (χ4v) is 1.44. The summed E-state index contributed by atoms with van der Waals surface area (Å²) in [6, 6.07) is 0.246. The van der Waals surface area contributed by atoms with E-state index in [4.69, 9.17) is 5.11 Å². The molecule has 0 saturated carbocycles. The summed E-state index contributed by atoms with van der Waals surface area (Å²) in [7, 11) is 0. The average Bonchev–Trinajstić information content (AvgIpc) is 2.55. The molecule has 3 nitrogen and oxygen atoms in total. The predicted molar refractivity (Wildman–Crippen MR) is 46.0 cm³/mol. The molecular formula is C8H15F3N2O. The molecule has 1 rings (SSSR count). The highest BCUT2D eigenvalue weighted by Crippen LogP contribution is 2.19. The zero-order valence-corrected chi connectivity index (χ0v) is 7.77. The zero-order chi connectivity index (χ0) is 10.6. The van der Waals surface area contributed by atoms with Crippen molar-refractivity contribution in [2.45, 2.75) is 31.2 Å². The van der Waals surface area contributed by atoms with Gasteiger partial charge in [0.05, 0.1) is 0 Å². The second-order valence-electron chi connectivity index (χ2n) is 3.51. The number of rotatable bonds is 4. The highest BCUT2D eigenvalue weighted by Gasteiger charge is 2.37. The van der Waals surface area contributed by atoms with E-state index in [9.17, 15) is 13.2 Å². The summed E-state index contributed by atoms with van der Waals surface area (Å²) in [6.07, 6.45) is -4.73. The fraction of sp³-hybridized carbons (Fsp3) is 1.00. The molecular weight excluding hydrogens is 197 g/mol. The summed E-state index contributed by atoms with van der Waals surface area (Å²) in [5.41, 5.74) is 0. The van der Waals surface area contributed by atoms with Gasteiger partial charge >= 0.3 is 6.18 Å². The Morgan fingerprint density at radius 1 is 1.50 bits per heavy atom. The SMILES string of the molecule is OC(CNCC1CCCN1)C(F)(F)F. The van der Waals surface area contributed by atoms with Crippen LogP contribution in [-0.2, 0) is 0 Å². The van der Waals surface area contributed by atoms with E-state index >= 15 is 0 Å². The van der Waals surface area contributed by atoms with Crippen molar-refractivity contribution in [3.8, 4) is 0 Å². The average molecular weight is 212 g/mol. The first-order chi connectivity index (χ1) is 6.50. The minimum atomic E-state index is -4.52. The van der Waals surface area contributed by atoms with Gasteiger partial charge in [0.25, 0.3) is 0 Å². The summed E-state index contributed by atoms with van der Waals surface area (Å²) < 4.78 is 35.5. The van der Waals surface area contributed by atoms with Gasteiger partial charge in [0.1, 0.15) is 0 Å². The lowest BCUT2D eigenvalue weighted by molar-refractivity contribution is -0.201. The van der Waals surface area contributed by atoms with E-state index in [0.717, 1.165) is 19.4 Å². The van der Waals surface area contributed by atoms with Crippen LogP contribution in [0.5, 0.6) is 0 Å². The molecule has 14 heavy (non-hydrogen) atoms. The molecule has 0 aromatic rings. The van der Waals surface area contributed by atoms with Crippen LogP contribution in [0.4, 0.5) is 13.2 Å². The molecule has 0 aromatic heterocycles. The van der Waals surface area contributed by atoms with Gasteiger partial charge in [0, 0.05) is 19.1 Å². The van der Waals surface area contributed by atoms with Gasteiger partial charge in [-0.15, -0.1) is 0 Å². The largest absolute Gasteiger partial charge is 0.415 e.